The van der Waals surface area contributed by atoms with Gasteiger partial charge < -0.3 is 9.47 Å². The van der Waals surface area contributed by atoms with Gasteiger partial charge in [0.2, 0.25) is 0 Å². The van der Waals surface area contributed by atoms with Crippen molar-refractivity contribution in [2.24, 2.45) is 5.92 Å². The third kappa shape index (κ3) is 2.47. The number of thiophene rings is 1. The average molecular weight is 338 g/mol. The number of benzene rings is 2. The zero-order valence-corrected chi connectivity index (χ0v) is 14.2. The highest BCUT2D eigenvalue weighted by atomic mass is 32.1. The summed E-state index contributed by atoms with van der Waals surface area (Å²) in [6, 6.07) is 18.2. The Bertz CT molecular complexity index is 866. The van der Waals surface area contributed by atoms with Crippen molar-refractivity contribution in [2.75, 3.05) is 6.61 Å². The molecule has 3 aromatic rings. The van der Waals surface area contributed by atoms with E-state index in [1.807, 2.05) is 48.7 Å². The lowest BCUT2D eigenvalue weighted by molar-refractivity contribution is -0.146. The van der Waals surface area contributed by atoms with Gasteiger partial charge in [0.1, 0.15) is 11.7 Å². The van der Waals surface area contributed by atoms with Crippen molar-refractivity contribution in [1.29, 1.82) is 0 Å². The van der Waals surface area contributed by atoms with E-state index in [4.69, 9.17) is 9.47 Å². The van der Waals surface area contributed by atoms with Gasteiger partial charge >= 0.3 is 5.97 Å². The largest absolute Gasteiger partial charge is 0.480 e. The smallest absolute Gasteiger partial charge is 0.313 e. The van der Waals surface area contributed by atoms with Gasteiger partial charge in [-0.25, -0.2) is 0 Å². The normalized spacial score (nSPS) is 22.3. The number of hydrogen-bond donors (Lipinski definition) is 0. The molecule has 2 atom stereocenters. The third-order valence-corrected chi connectivity index (χ3v) is 5.49. The molecule has 4 heteroatoms. The monoisotopic (exact) mass is 338 g/mol. The van der Waals surface area contributed by atoms with E-state index in [1.165, 1.54) is 0 Å². The second kappa shape index (κ2) is 5.95. The molecule has 1 aromatic heterocycles. The number of hydrogen-bond acceptors (Lipinski definition) is 4. The zero-order valence-electron chi connectivity index (χ0n) is 13.4. The molecule has 4 rings (SSSR count). The average Bonchev–Trinajstić information content (AvgIpc) is 3.06. The van der Waals surface area contributed by atoms with Gasteiger partial charge in [-0.2, -0.15) is 0 Å². The molecule has 0 bridgehead atoms. The van der Waals surface area contributed by atoms with Crippen LogP contribution in [0.2, 0.25) is 0 Å². The lowest BCUT2D eigenvalue weighted by Gasteiger charge is -2.20. The van der Waals surface area contributed by atoms with E-state index in [0.29, 0.717) is 13.0 Å². The predicted octanol–water partition coefficient (Wildman–Crippen LogP) is 4.76. The molecule has 1 fully saturated rings. The fraction of sp³-hybridized carbons (Fsp3) is 0.250. The van der Waals surface area contributed by atoms with Crippen LogP contribution in [-0.4, -0.2) is 12.6 Å². The minimum absolute atomic E-state index is 0.175. The molecule has 122 valence electrons. The molecule has 1 saturated carbocycles. The van der Waals surface area contributed by atoms with Crippen molar-refractivity contribution in [2.45, 2.75) is 18.9 Å². The minimum Gasteiger partial charge on any atom is -0.480 e. The Hall–Kier alpha value is -2.33. The van der Waals surface area contributed by atoms with Gasteiger partial charge in [-0.05, 0) is 29.8 Å². The molecule has 2 aromatic carbocycles. The first kappa shape index (κ1) is 15.2. The van der Waals surface area contributed by atoms with Crippen LogP contribution in [0, 0.1) is 5.92 Å². The molecule has 0 saturated heterocycles. The quantitative estimate of drug-likeness (QED) is 0.629. The van der Waals surface area contributed by atoms with Gasteiger partial charge in [0.25, 0.3) is 0 Å². The number of carbonyl (C=O) groups is 1. The van der Waals surface area contributed by atoms with Crippen molar-refractivity contribution >= 4 is 28.1 Å². The summed E-state index contributed by atoms with van der Waals surface area (Å²) in [6.45, 7) is 2.22. The van der Waals surface area contributed by atoms with Gasteiger partial charge in [0.15, 0.2) is 5.60 Å². The van der Waals surface area contributed by atoms with Crippen molar-refractivity contribution in [1.82, 2.24) is 0 Å². The van der Waals surface area contributed by atoms with Gasteiger partial charge in [-0.1, -0.05) is 42.5 Å². The number of ether oxygens (including phenoxy) is 2. The van der Waals surface area contributed by atoms with Crippen molar-refractivity contribution in [3.05, 3.63) is 64.9 Å². The predicted molar refractivity (Wildman–Crippen MR) is 95.3 cm³/mol. The van der Waals surface area contributed by atoms with Crippen LogP contribution in [0.4, 0.5) is 0 Å². The Morgan fingerprint density at radius 2 is 2.00 bits per heavy atom. The Morgan fingerprint density at radius 1 is 1.17 bits per heavy atom. The summed E-state index contributed by atoms with van der Waals surface area (Å²) >= 11 is 1.62. The molecule has 0 amide bonds. The maximum atomic E-state index is 12.3. The van der Waals surface area contributed by atoms with E-state index >= 15 is 0 Å². The van der Waals surface area contributed by atoms with Crippen LogP contribution in [-0.2, 0) is 15.1 Å². The molecule has 3 nitrogen and oxygen atoms in total. The molecular formula is C20H18O3S. The third-order valence-electron chi connectivity index (χ3n) is 4.46. The fourth-order valence-corrected chi connectivity index (χ4v) is 4.12. The molecule has 1 heterocycles. The molecule has 0 radical (unpaired) electrons. The minimum atomic E-state index is -0.593. The number of rotatable bonds is 5. The highest BCUT2D eigenvalue weighted by molar-refractivity contribution is 7.10. The molecule has 0 N–H and O–H groups in total. The Labute approximate surface area is 144 Å². The van der Waals surface area contributed by atoms with Crippen LogP contribution in [0.5, 0.6) is 5.75 Å². The Balaban J connectivity index is 1.72. The molecule has 0 spiro atoms. The van der Waals surface area contributed by atoms with E-state index in [9.17, 15) is 4.79 Å². The van der Waals surface area contributed by atoms with Crippen LogP contribution < -0.4 is 4.74 Å². The lowest BCUT2D eigenvalue weighted by atomic mass is 10.1. The first-order valence-electron chi connectivity index (χ1n) is 8.12. The summed E-state index contributed by atoms with van der Waals surface area (Å²) in [5.41, 5.74) is -0.593. The van der Waals surface area contributed by atoms with E-state index < -0.39 is 5.60 Å². The molecular weight excluding hydrogens is 320 g/mol. The maximum absolute atomic E-state index is 12.3. The molecule has 0 aliphatic heterocycles. The first-order valence-corrected chi connectivity index (χ1v) is 9.00. The second-order valence-electron chi connectivity index (χ2n) is 5.95. The summed E-state index contributed by atoms with van der Waals surface area (Å²) in [6.07, 6.45) is 0.662. The SMILES string of the molecule is CCOC(=O)[C@@H]1C[C@@]1(Oc1cccc2ccccc12)c1cccs1. The number of esters is 1. The standard InChI is InChI=1S/C20H18O3S/c1-2-22-19(21)16-13-20(16,18-11-6-12-24-18)23-17-10-5-8-14-7-3-4-9-15(14)17/h3-12,16H,2,13H2,1H3/t16-,20-/m0/s1. The van der Waals surface area contributed by atoms with Gasteiger partial charge in [-0.15, -0.1) is 11.3 Å². The van der Waals surface area contributed by atoms with Crippen LogP contribution in [0.25, 0.3) is 10.8 Å². The Kier molecular flexibility index (Phi) is 3.77. The molecule has 1 aliphatic carbocycles. The van der Waals surface area contributed by atoms with Crippen molar-refractivity contribution in [3.63, 3.8) is 0 Å². The van der Waals surface area contributed by atoms with Crippen molar-refractivity contribution in [3.8, 4) is 5.75 Å². The number of fused-ring (bicyclic) bond motifs is 1. The van der Waals surface area contributed by atoms with Crippen LogP contribution in [0.1, 0.15) is 18.2 Å². The first-order chi connectivity index (χ1) is 11.7. The van der Waals surface area contributed by atoms with E-state index in [2.05, 4.69) is 18.2 Å². The molecule has 24 heavy (non-hydrogen) atoms. The topological polar surface area (TPSA) is 35.5 Å². The highest BCUT2D eigenvalue weighted by Crippen LogP contribution is 2.57. The fourth-order valence-electron chi connectivity index (χ4n) is 3.20. The highest BCUT2D eigenvalue weighted by Gasteiger charge is 2.64. The van der Waals surface area contributed by atoms with Crippen LogP contribution in [0.3, 0.4) is 0 Å². The Morgan fingerprint density at radius 3 is 2.79 bits per heavy atom. The second-order valence-corrected chi connectivity index (χ2v) is 6.90. The van der Waals surface area contributed by atoms with Gasteiger partial charge in [0, 0.05) is 16.7 Å². The summed E-state index contributed by atoms with van der Waals surface area (Å²) in [5, 5.41) is 4.21. The van der Waals surface area contributed by atoms with E-state index in [-0.39, 0.29) is 11.9 Å². The molecule has 1 aliphatic rings. The summed E-state index contributed by atoms with van der Waals surface area (Å²) in [5.74, 6) is 0.398. The molecule has 0 unspecified atom stereocenters. The van der Waals surface area contributed by atoms with Crippen LogP contribution in [0.15, 0.2) is 60.0 Å². The van der Waals surface area contributed by atoms with Crippen LogP contribution >= 0.6 is 11.3 Å². The summed E-state index contributed by atoms with van der Waals surface area (Å²) in [7, 11) is 0. The van der Waals surface area contributed by atoms with E-state index in [0.717, 1.165) is 21.4 Å². The number of carbonyl (C=O) groups excluding carboxylic acids is 1. The van der Waals surface area contributed by atoms with Crippen molar-refractivity contribution < 1.29 is 14.3 Å². The summed E-state index contributed by atoms with van der Waals surface area (Å²) in [4.78, 5) is 13.3. The van der Waals surface area contributed by atoms with E-state index in [1.54, 1.807) is 11.3 Å². The van der Waals surface area contributed by atoms with Gasteiger partial charge in [-0.3, -0.25) is 4.79 Å². The summed E-state index contributed by atoms with van der Waals surface area (Å²) < 4.78 is 11.7. The lowest BCUT2D eigenvalue weighted by Crippen LogP contribution is -2.22. The zero-order chi connectivity index (χ0) is 16.6. The van der Waals surface area contributed by atoms with Gasteiger partial charge in [0.05, 0.1) is 6.61 Å². The maximum Gasteiger partial charge on any atom is 0.313 e.